The molecule has 0 aliphatic heterocycles. The summed E-state index contributed by atoms with van der Waals surface area (Å²) in [6.07, 6.45) is 1.19. The molecular formula is C11H9N2O4S2-. The summed E-state index contributed by atoms with van der Waals surface area (Å²) in [7, 11) is 1.47. The van der Waals surface area contributed by atoms with Crippen LogP contribution in [0.4, 0.5) is 5.13 Å². The molecule has 1 aromatic carbocycles. The number of hydrogen-bond acceptors (Lipinski definition) is 6. The van der Waals surface area contributed by atoms with Gasteiger partial charge in [0.05, 0.1) is 23.1 Å². The Bertz CT molecular complexity index is 627. The van der Waals surface area contributed by atoms with E-state index in [2.05, 4.69) is 10.3 Å². The fraction of sp³-hybridized carbons (Fsp3) is 0.0909. The quantitative estimate of drug-likeness (QED) is 0.866. The molecule has 19 heavy (non-hydrogen) atoms. The van der Waals surface area contributed by atoms with Crippen molar-refractivity contribution in [2.45, 2.75) is 4.21 Å². The van der Waals surface area contributed by atoms with Crippen LogP contribution in [-0.4, -0.2) is 26.8 Å². The summed E-state index contributed by atoms with van der Waals surface area (Å²) in [6.45, 7) is 0. The van der Waals surface area contributed by atoms with Gasteiger partial charge in [0.1, 0.15) is 5.75 Å². The molecule has 0 saturated heterocycles. The van der Waals surface area contributed by atoms with E-state index in [1.54, 1.807) is 24.3 Å². The second-order valence-electron chi connectivity index (χ2n) is 3.37. The van der Waals surface area contributed by atoms with Gasteiger partial charge in [-0.3, -0.25) is 14.3 Å². The first kappa shape index (κ1) is 13.7. The van der Waals surface area contributed by atoms with Crippen LogP contribution >= 0.6 is 11.3 Å². The number of nitrogens with one attached hydrogen (secondary N) is 1. The van der Waals surface area contributed by atoms with E-state index in [4.69, 9.17) is 4.74 Å². The highest BCUT2D eigenvalue weighted by molar-refractivity contribution is 7.81. The summed E-state index contributed by atoms with van der Waals surface area (Å²) in [5.74, 6) is 0.0270. The standard InChI is InChI=1S/C11H10N2O4S2/c1-17-8-5-3-2-4-7(8)10(14)13-11-12-6-9(18-11)19(15)16/h2-6H,1H3,(H,15,16)(H,12,13,14)/p-1. The van der Waals surface area contributed by atoms with Gasteiger partial charge in [0.25, 0.3) is 5.91 Å². The Morgan fingerprint density at radius 2 is 2.21 bits per heavy atom. The Balaban J connectivity index is 2.18. The Morgan fingerprint density at radius 3 is 2.84 bits per heavy atom. The molecule has 0 bridgehead atoms. The van der Waals surface area contributed by atoms with Gasteiger partial charge in [-0.25, -0.2) is 4.98 Å². The third kappa shape index (κ3) is 3.16. The molecule has 1 heterocycles. The summed E-state index contributed by atoms with van der Waals surface area (Å²) in [4.78, 5) is 15.8. The van der Waals surface area contributed by atoms with Crippen LogP contribution < -0.4 is 10.1 Å². The first-order valence-corrected chi connectivity index (χ1v) is 7.00. The van der Waals surface area contributed by atoms with Crippen LogP contribution in [0.5, 0.6) is 5.75 Å². The number of hydrogen-bond donors (Lipinski definition) is 1. The van der Waals surface area contributed by atoms with Gasteiger partial charge >= 0.3 is 0 Å². The fourth-order valence-electron chi connectivity index (χ4n) is 1.39. The maximum atomic E-state index is 12.0. The van der Waals surface area contributed by atoms with Crippen molar-refractivity contribution in [3.05, 3.63) is 36.0 Å². The summed E-state index contributed by atoms with van der Waals surface area (Å²) >= 11 is -1.46. The highest BCUT2D eigenvalue weighted by Crippen LogP contribution is 2.23. The molecule has 100 valence electrons. The molecule has 1 atom stereocenters. The van der Waals surface area contributed by atoms with Crippen LogP contribution in [0.3, 0.4) is 0 Å². The third-order valence-corrected chi connectivity index (χ3v) is 4.02. The Labute approximate surface area is 115 Å². The molecule has 0 saturated carbocycles. The largest absolute Gasteiger partial charge is 0.768 e. The molecule has 8 heteroatoms. The highest BCUT2D eigenvalue weighted by Gasteiger charge is 2.13. The predicted octanol–water partition coefficient (Wildman–Crippen LogP) is 1.64. The van der Waals surface area contributed by atoms with Gasteiger partial charge in [-0.15, -0.1) is 0 Å². The molecule has 2 rings (SSSR count). The molecule has 0 aliphatic carbocycles. The van der Waals surface area contributed by atoms with Crippen LogP contribution in [0.2, 0.25) is 0 Å². The maximum Gasteiger partial charge on any atom is 0.261 e. The van der Waals surface area contributed by atoms with Crippen LogP contribution in [0.15, 0.2) is 34.7 Å². The van der Waals surface area contributed by atoms with E-state index in [-0.39, 0.29) is 9.34 Å². The Morgan fingerprint density at radius 1 is 1.47 bits per heavy atom. The second kappa shape index (κ2) is 5.91. The lowest BCUT2D eigenvalue weighted by atomic mass is 10.2. The molecular weight excluding hydrogens is 288 g/mol. The Hall–Kier alpha value is -1.77. The molecule has 1 unspecified atom stereocenters. The zero-order valence-electron chi connectivity index (χ0n) is 9.78. The monoisotopic (exact) mass is 297 g/mol. The normalized spacial score (nSPS) is 11.9. The van der Waals surface area contributed by atoms with E-state index >= 15 is 0 Å². The molecule has 0 radical (unpaired) electrons. The highest BCUT2D eigenvalue weighted by atomic mass is 32.2. The number of carbonyl (C=O) groups is 1. The van der Waals surface area contributed by atoms with E-state index < -0.39 is 17.0 Å². The smallest absolute Gasteiger partial charge is 0.261 e. The number of rotatable bonds is 4. The van der Waals surface area contributed by atoms with Gasteiger partial charge in [-0.2, -0.15) is 0 Å². The summed E-state index contributed by atoms with van der Waals surface area (Å²) in [6, 6.07) is 6.72. The Kier molecular flexibility index (Phi) is 4.25. The van der Waals surface area contributed by atoms with Gasteiger partial charge in [-0.1, -0.05) is 23.5 Å². The summed E-state index contributed by atoms with van der Waals surface area (Å²) in [5, 5.41) is 2.74. The number of anilines is 1. The van der Waals surface area contributed by atoms with Gasteiger partial charge in [0.2, 0.25) is 0 Å². The lowest BCUT2D eigenvalue weighted by Crippen LogP contribution is -2.12. The van der Waals surface area contributed by atoms with E-state index in [1.165, 1.54) is 13.3 Å². The first-order chi connectivity index (χ1) is 9.11. The molecule has 1 N–H and O–H groups in total. The number of ether oxygens (including phenoxy) is 1. The predicted molar refractivity (Wildman–Crippen MR) is 70.2 cm³/mol. The van der Waals surface area contributed by atoms with E-state index in [1.807, 2.05) is 0 Å². The molecule has 0 spiro atoms. The van der Waals surface area contributed by atoms with E-state index in [9.17, 15) is 13.6 Å². The lowest BCUT2D eigenvalue weighted by Gasteiger charge is -2.07. The number of thiazole rings is 1. The topological polar surface area (TPSA) is 91.3 Å². The number of benzene rings is 1. The van der Waals surface area contributed by atoms with Crippen molar-refractivity contribution >= 4 is 33.5 Å². The van der Waals surface area contributed by atoms with Crippen molar-refractivity contribution in [2.75, 3.05) is 12.4 Å². The fourth-order valence-corrected chi connectivity index (χ4v) is 2.58. The van der Waals surface area contributed by atoms with Gasteiger partial charge in [-0.05, 0) is 23.2 Å². The lowest BCUT2D eigenvalue weighted by molar-refractivity contribution is 0.102. The number of methoxy groups -OCH3 is 1. The maximum absolute atomic E-state index is 12.0. The van der Waals surface area contributed by atoms with Gasteiger partial charge < -0.3 is 9.29 Å². The number of para-hydroxylation sites is 1. The minimum Gasteiger partial charge on any atom is -0.768 e. The molecule has 1 amide bonds. The van der Waals surface area contributed by atoms with Gasteiger partial charge in [0, 0.05) is 0 Å². The SMILES string of the molecule is COc1ccccc1C(=O)Nc1ncc(S(=O)[O-])s1. The van der Waals surface area contributed by atoms with Crippen molar-refractivity contribution in [1.29, 1.82) is 0 Å². The van der Waals surface area contributed by atoms with Crippen molar-refractivity contribution in [2.24, 2.45) is 0 Å². The van der Waals surface area contributed by atoms with Crippen molar-refractivity contribution in [3.63, 3.8) is 0 Å². The zero-order valence-corrected chi connectivity index (χ0v) is 11.4. The van der Waals surface area contributed by atoms with E-state index in [0.717, 1.165) is 11.3 Å². The number of carbonyl (C=O) groups excluding carboxylic acids is 1. The second-order valence-corrected chi connectivity index (χ2v) is 5.57. The summed E-state index contributed by atoms with van der Waals surface area (Å²) < 4.78 is 26.6. The minimum absolute atomic E-state index is 0.0651. The van der Waals surface area contributed by atoms with Crippen molar-refractivity contribution < 1.29 is 18.3 Å². The van der Waals surface area contributed by atoms with Crippen LogP contribution in [0.1, 0.15) is 10.4 Å². The van der Waals surface area contributed by atoms with Crippen molar-refractivity contribution in [1.82, 2.24) is 4.98 Å². The molecule has 1 aromatic heterocycles. The van der Waals surface area contributed by atoms with Crippen LogP contribution in [0, 0.1) is 0 Å². The van der Waals surface area contributed by atoms with E-state index in [0.29, 0.717) is 11.3 Å². The first-order valence-electron chi connectivity index (χ1n) is 5.11. The summed E-state index contributed by atoms with van der Waals surface area (Å²) in [5.41, 5.74) is 0.352. The molecule has 0 fully saturated rings. The molecule has 6 nitrogen and oxygen atoms in total. The van der Waals surface area contributed by atoms with Crippen LogP contribution in [-0.2, 0) is 11.1 Å². The number of amides is 1. The zero-order chi connectivity index (χ0) is 13.8. The molecule has 0 aliphatic rings. The van der Waals surface area contributed by atoms with Crippen molar-refractivity contribution in [3.8, 4) is 5.75 Å². The third-order valence-electron chi connectivity index (χ3n) is 2.22. The minimum atomic E-state index is -2.34. The average Bonchev–Trinajstić information content (AvgIpc) is 2.87. The van der Waals surface area contributed by atoms with Crippen LogP contribution in [0.25, 0.3) is 0 Å². The number of nitrogens with zero attached hydrogens (tertiary/aromatic N) is 1. The average molecular weight is 297 g/mol. The van der Waals surface area contributed by atoms with Gasteiger partial charge in [0.15, 0.2) is 5.13 Å². The molecule has 2 aromatic rings. The number of aromatic nitrogens is 1.